The Labute approximate surface area is 92.7 Å². The highest BCUT2D eigenvalue weighted by Gasteiger charge is 2.38. The quantitative estimate of drug-likeness (QED) is 0.553. The van der Waals surface area contributed by atoms with E-state index in [-0.39, 0.29) is 5.60 Å². The molecule has 2 rings (SSSR count). The molecule has 1 saturated heterocycles. The highest BCUT2D eigenvalue weighted by molar-refractivity contribution is 4.92. The molecule has 3 nitrogen and oxygen atoms in total. The molecule has 0 aromatic carbocycles. The SMILES string of the molecule is CC1(C(CC2CCC2)NN)CCCCO1. The summed E-state index contributed by atoms with van der Waals surface area (Å²) in [4.78, 5) is 0. The van der Waals surface area contributed by atoms with Gasteiger partial charge in [-0.1, -0.05) is 19.3 Å². The zero-order valence-electron chi connectivity index (χ0n) is 9.80. The first-order chi connectivity index (χ1) is 7.24. The van der Waals surface area contributed by atoms with Gasteiger partial charge in [-0.25, -0.2) is 0 Å². The van der Waals surface area contributed by atoms with Crippen LogP contribution in [-0.4, -0.2) is 18.2 Å². The summed E-state index contributed by atoms with van der Waals surface area (Å²) in [6.45, 7) is 3.12. The highest BCUT2D eigenvalue weighted by atomic mass is 16.5. The summed E-state index contributed by atoms with van der Waals surface area (Å²) in [5, 5.41) is 0. The average Bonchev–Trinajstić information content (AvgIpc) is 2.17. The van der Waals surface area contributed by atoms with Crippen LogP contribution in [-0.2, 0) is 4.74 Å². The van der Waals surface area contributed by atoms with E-state index >= 15 is 0 Å². The van der Waals surface area contributed by atoms with Gasteiger partial charge in [0.15, 0.2) is 0 Å². The molecule has 88 valence electrons. The lowest BCUT2D eigenvalue weighted by Gasteiger charge is -2.42. The third kappa shape index (κ3) is 2.52. The summed E-state index contributed by atoms with van der Waals surface area (Å²) in [7, 11) is 0. The van der Waals surface area contributed by atoms with Crippen LogP contribution in [0.5, 0.6) is 0 Å². The highest BCUT2D eigenvalue weighted by Crippen LogP contribution is 2.36. The monoisotopic (exact) mass is 212 g/mol. The van der Waals surface area contributed by atoms with E-state index in [1.165, 1.54) is 38.5 Å². The van der Waals surface area contributed by atoms with E-state index in [1.807, 2.05) is 0 Å². The van der Waals surface area contributed by atoms with Crippen LogP contribution >= 0.6 is 0 Å². The summed E-state index contributed by atoms with van der Waals surface area (Å²) in [6.07, 6.45) is 8.99. The first kappa shape index (κ1) is 11.4. The average molecular weight is 212 g/mol. The van der Waals surface area contributed by atoms with Crippen LogP contribution in [0.3, 0.4) is 0 Å². The Morgan fingerprint density at radius 3 is 2.67 bits per heavy atom. The summed E-state index contributed by atoms with van der Waals surface area (Å²) in [5.74, 6) is 6.57. The zero-order chi connectivity index (χ0) is 10.7. The second kappa shape index (κ2) is 4.81. The normalized spacial score (nSPS) is 34.8. The maximum Gasteiger partial charge on any atom is 0.0820 e. The lowest BCUT2D eigenvalue weighted by atomic mass is 9.76. The summed E-state index contributed by atoms with van der Waals surface area (Å²) < 4.78 is 5.95. The van der Waals surface area contributed by atoms with Crippen LogP contribution in [0.1, 0.15) is 51.9 Å². The van der Waals surface area contributed by atoms with Crippen LogP contribution < -0.4 is 11.3 Å². The van der Waals surface area contributed by atoms with Crippen LogP contribution in [0.2, 0.25) is 0 Å². The molecular formula is C12H24N2O. The van der Waals surface area contributed by atoms with Crippen molar-refractivity contribution in [2.45, 2.75) is 63.5 Å². The molecule has 0 aromatic heterocycles. The Morgan fingerprint density at radius 1 is 1.40 bits per heavy atom. The number of hydrazine groups is 1. The van der Waals surface area contributed by atoms with Gasteiger partial charge in [0.05, 0.1) is 11.6 Å². The van der Waals surface area contributed by atoms with E-state index in [1.54, 1.807) is 0 Å². The van der Waals surface area contributed by atoms with Crippen molar-refractivity contribution in [1.82, 2.24) is 5.43 Å². The van der Waals surface area contributed by atoms with Gasteiger partial charge in [0.2, 0.25) is 0 Å². The molecule has 0 bridgehead atoms. The number of nitrogens with two attached hydrogens (primary N) is 1. The maximum atomic E-state index is 5.95. The fourth-order valence-corrected chi connectivity index (χ4v) is 2.79. The maximum absolute atomic E-state index is 5.95. The molecule has 1 aliphatic heterocycles. The molecule has 15 heavy (non-hydrogen) atoms. The van der Waals surface area contributed by atoms with Crippen molar-refractivity contribution >= 4 is 0 Å². The lowest BCUT2D eigenvalue weighted by molar-refractivity contribution is -0.0944. The van der Waals surface area contributed by atoms with Crippen LogP contribution in [0, 0.1) is 5.92 Å². The van der Waals surface area contributed by atoms with Gasteiger partial charge in [-0.05, 0) is 38.5 Å². The Morgan fingerprint density at radius 2 is 2.20 bits per heavy atom. The van der Waals surface area contributed by atoms with Crippen LogP contribution in [0.25, 0.3) is 0 Å². The van der Waals surface area contributed by atoms with E-state index < -0.39 is 0 Å². The van der Waals surface area contributed by atoms with Crippen molar-refractivity contribution in [2.24, 2.45) is 11.8 Å². The van der Waals surface area contributed by atoms with Crippen LogP contribution in [0.4, 0.5) is 0 Å². The molecule has 3 N–H and O–H groups in total. The molecule has 0 spiro atoms. The van der Waals surface area contributed by atoms with Gasteiger partial charge in [-0.15, -0.1) is 0 Å². The summed E-state index contributed by atoms with van der Waals surface area (Å²) >= 11 is 0. The first-order valence-electron chi connectivity index (χ1n) is 6.35. The number of rotatable bonds is 4. The molecule has 0 radical (unpaired) electrons. The molecule has 1 heterocycles. The number of nitrogens with one attached hydrogen (secondary N) is 1. The molecule has 0 amide bonds. The van der Waals surface area contributed by atoms with Crippen molar-refractivity contribution in [2.75, 3.05) is 6.61 Å². The van der Waals surface area contributed by atoms with E-state index in [9.17, 15) is 0 Å². The van der Waals surface area contributed by atoms with Crippen LogP contribution in [0.15, 0.2) is 0 Å². The third-order valence-electron chi connectivity index (χ3n) is 4.23. The number of hydrogen-bond donors (Lipinski definition) is 2. The largest absolute Gasteiger partial charge is 0.374 e. The third-order valence-corrected chi connectivity index (χ3v) is 4.23. The van der Waals surface area contributed by atoms with Crippen molar-refractivity contribution in [3.63, 3.8) is 0 Å². The predicted octanol–water partition coefficient (Wildman–Crippen LogP) is 1.97. The predicted molar refractivity (Wildman–Crippen MR) is 61.3 cm³/mol. The second-order valence-corrected chi connectivity index (χ2v) is 5.37. The van der Waals surface area contributed by atoms with Gasteiger partial charge in [0.1, 0.15) is 0 Å². The van der Waals surface area contributed by atoms with Gasteiger partial charge < -0.3 is 4.74 Å². The van der Waals surface area contributed by atoms with Gasteiger partial charge in [-0.2, -0.15) is 0 Å². The second-order valence-electron chi connectivity index (χ2n) is 5.37. The Bertz CT molecular complexity index is 198. The summed E-state index contributed by atoms with van der Waals surface area (Å²) in [6, 6.07) is 0.336. The van der Waals surface area contributed by atoms with Crippen molar-refractivity contribution in [1.29, 1.82) is 0 Å². The Balaban J connectivity index is 1.90. The van der Waals surface area contributed by atoms with Gasteiger partial charge in [0, 0.05) is 6.61 Å². The zero-order valence-corrected chi connectivity index (χ0v) is 9.80. The molecule has 2 fully saturated rings. The van der Waals surface area contributed by atoms with Gasteiger partial charge >= 0.3 is 0 Å². The molecule has 0 aromatic rings. The number of hydrogen-bond acceptors (Lipinski definition) is 3. The minimum absolute atomic E-state index is 0.0252. The van der Waals surface area contributed by atoms with Crippen molar-refractivity contribution in [3.05, 3.63) is 0 Å². The molecular weight excluding hydrogens is 188 g/mol. The van der Waals surface area contributed by atoms with Gasteiger partial charge in [-0.3, -0.25) is 11.3 Å². The fraction of sp³-hybridized carbons (Fsp3) is 1.00. The van der Waals surface area contributed by atoms with Crippen molar-refractivity contribution in [3.8, 4) is 0 Å². The molecule has 2 atom stereocenters. The Kier molecular flexibility index (Phi) is 3.65. The minimum atomic E-state index is -0.0252. The smallest absolute Gasteiger partial charge is 0.0820 e. The first-order valence-corrected chi connectivity index (χ1v) is 6.35. The summed E-state index contributed by atoms with van der Waals surface area (Å²) in [5.41, 5.74) is 2.96. The number of ether oxygens (including phenoxy) is 1. The molecule has 1 aliphatic carbocycles. The van der Waals surface area contributed by atoms with Gasteiger partial charge in [0.25, 0.3) is 0 Å². The molecule has 1 saturated carbocycles. The van der Waals surface area contributed by atoms with Crippen molar-refractivity contribution < 1.29 is 4.74 Å². The molecule has 3 heteroatoms. The lowest BCUT2D eigenvalue weighted by Crippen LogP contribution is -2.55. The van der Waals surface area contributed by atoms with E-state index in [4.69, 9.17) is 10.6 Å². The fourth-order valence-electron chi connectivity index (χ4n) is 2.79. The van der Waals surface area contributed by atoms with E-state index in [2.05, 4.69) is 12.3 Å². The Hall–Kier alpha value is -0.120. The molecule has 2 aliphatic rings. The minimum Gasteiger partial charge on any atom is -0.374 e. The standard InChI is InChI=1S/C12H24N2O/c1-12(7-2-3-8-15-12)11(14-13)9-10-5-4-6-10/h10-11,14H,2-9,13H2,1H3. The molecule has 2 unspecified atom stereocenters. The van der Waals surface area contributed by atoms with E-state index in [0.29, 0.717) is 6.04 Å². The van der Waals surface area contributed by atoms with E-state index in [0.717, 1.165) is 18.9 Å². The topological polar surface area (TPSA) is 47.3 Å².